The highest BCUT2D eigenvalue weighted by Gasteiger charge is 2.37. The van der Waals surface area contributed by atoms with Crippen molar-refractivity contribution in [2.24, 2.45) is 0 Å². The number of benzene rings is 1. The van der Waals surface area contributed by atoms with E-state index in [4.69, 9.17) is 12.2 Å². The Morgan fingerprint density at radius 3 is 2.38 bits per heavy atom. The first-order valence-electron chi connectivity index (χ1n) is 8.83. The molecule has 0 spiro atoms. The molecule has 26 heavy (non-hydrogen) atoms. The number of nitrogens with one attached hydrogen (secondary N) is 2. The van der Waals surface area contributed by atoms with E-state index in [0.717, 1.165) is 37.1 Å². The lowest BCUT2D eigenvalue weighted by Crippen LogP contribution is -2.46. The van der Waals surface area contributed by atoms with E-state index < -0.39 is 0 Å². The largest absolute Gasteiger partial charge is 0.351 e. The van der Waals surface area contributed by atoms with E-state index in [-0.39, 0.29) is 11.4 Å². The van der Waals surface area contributed by atoms with E-state index in [1.54, 1.807) is 31.1 Å². The Labute approximate surface area is 159 Å². The minimum atomic E-state index is -0.202. The van der Waals surface area contributed by atoms with Crippen molar-refractivity contribution in [3.05, 3.63) is 59.9 Å². The highest BCUT2D eigenvalue weighted by molar-refractivity contribution is 7.80. The van der Waals surface area contributed by atoms with Crippen LogP contribution in [-0.2, 0) is 5.54 Å². The summed E-state index contributed by atoms with van der Waals surface area (Å²) in [4.78, 5) is 18.1. The topological polar surface area (TPSA) is 57.3 Å². The van der Waals surface area contributed by atoms with Gasteiger partial charge in [-0.25, -0.2) is 0 Å². The van der Waals surface area contributed by atoms with E-state index >= 15 is 0 Å². The minimum absolute atomic E-state index is 0.0164. The smallest absolute Gasteiger partial charge is 0.253 e. The van der Waals surface area contributed by atoms with Gasteiger partial charge in [0.1, 0.15) is 0 Å². The average Bonchev–Trinajstić information content (AvgIpc) is 3.12. The Balaban J connectivity index is 1.69. The summed E-state index contributed by atoms with van der Waals surface area (Å²) >= 11 is 5.55. The second-order valence-corrected chi connectivity index (χ2v) is 7.27. The van der Waals surface area contributed by atoms with Crippen molar-refractivity contribution in [2.45, 2.75) is 31.2 Å². The summed E-state index contributed by atoms with van der Waals surface area (Å²) in [6.07, 6.45) is 6.18. The van der Waals surface area contributed by atoms with Gasteiger partial charge in [0.2, 0.25) is 0 Å². The normalized spacial score (nSPS) is 15.3. The molecule has 5 nitrogen and oxygen atoms in total. The van der Waals surface area contributed by atoms with Gasteiger partial charge in [0.05, 0.1) is 11.2 Å². The molecule has 6 heteroatoms. The number of hydrogen-bond acceptors (Lipinski definition) is 3. The van der Waals surface area contributed by atoms with Gasteiger partial charge in [0, 0.05) is 31.5 Å². The summed E-state index contributed by atoms with van der Waals surface area (Å²) in [5, 5.41) is 7.30. The molecule has 1 aliphatic rings. The lowest BCUT2D eigenvalue weighted by molar-refractivity contribution is 0.0827. The molecule has 0 saturated heterocycles. The van der Waals surface area contributed by atoms with Crippen molar-refractivity contribution < 1.29 is 4.79 Å². The van der Waals surface area contributed by atoms with Crippen molar-refractivity contribution in [2.75, 3.05) is 19.4 Å². The zero-order valence-electron chi connectivity index (χ0n) is 15.2. The number of aromatic nitrogens is 1. The molecule has 2 aromatic rings. The molecule has 1 amide bonds. The second-order valence-electron chi connectivity index (χ2n) is 6.86. The third-order valence-corrected chi connectivity index (χ3v) is 4.97. The van der Waals surface area contributed by atoms with Crippen LogP contribution in [0.2, 0.25) is 0 Å². The number of carbonyl (C=O) groups is 1. The molecule has 1 saturated carbocycles. The molecule has 1 aliphatic carbocycles. The van der Waals surface area contributed by atoms with Gasteiger partial charge in [0.15, 0.2) is 5.11 Å². The number of nitrogens with zero attached hydrogens (tertiary/aromatic N) is 2. The van der Waals surface area contributed by atoms with Crippen LogP contribution in [0.25, 0.3) is 0 Å². The summed E-state index contributed by atoms with van der Waals surface area (Å²) in [6.45, 7) is 0. The second kappa shape index (κ2) is 7.83. The molecule has 1 aromatic carbocycles. The molecule has 2 N–H and O–H groups in total. The summed E-state index contributed by atoms with van der Waals surface area (Å²) in [6, 6.07) is 13.3. The standard InChI is InChI=1S/C20H24N4OS/c1-24(2)18(25)15-8-10-16(11-9-15)22-19(26)23-20(12-4-5-13-20)17-7-3-6-14-21-17/h3,6-11,14H,4-5,12-13H2,1-2H3,(H2,22,23,26). The van der Waals surface area contributed by atoms with Gasteiger partial charge in [-0.1, -0.05) is 18.9 Å². The van der Waals surface area contributed by atoms with Gasteiger partial charge >= 0.3 is 0 Å². The van der Waals surface area contributed by atoms with E-state index in [1.807, 2.05) is 30.5 Å². The van der Waals surface area contributed by atoms with Gasteiger partial charge in [-0.15, -0.1) is 0 Å². The molecule has 1 heterocycles. The Hall–Kier alpha value is -2.47. The predicted octanol–water partition coefficient (Wildman–Crippen LogP) is 3.54. The van der Waals surface area contributed by atoms with Crippen LogP contribution in [-0.4, -0.2) is 35.0 Å². The van der Waals surface area contributed by atoms with Crippen molar-refractivity contribution in [1.82, 2.24) is 15.2 Å². The molecular formula is C20H24N4OS. The Morgan fingerprint density at radius 1 is 1.12 bits per heavy atom. The Bertz CT molecular complexity index is 768. The highest BCUT2D eigenvalue weighted by Crippen LogP contribution is 2.37. The molecule has 0 radical (unpaired) electrons. The molecule has 1 aromatic heterocycles. The zero-order chi connectivity index (χ0) is 18.6. The van der Waals surface area contributed by atoms with Crippen LogP contribution >= 0.6 is 12.2 Å². The van der Waals surface area contributed by atoms with E-state index in [0.29, 0.717) is 10.7 Å². The number of thiocarbonyl (C=S) groups is 1. The summed E-state index contributed by atoms with van der Waals surface area (Å²) in [5.74, 6) is -0.0164. The summed E-state index contributed by atoms with van der Waals surface area (Å²) in [5.41, 5.74) is 2.34. The van der Waals surface area contributed by atoms with Crippen LogP contribution < -0.4 is 10.6 Å². The maximum absolute atomic E-state index is 12.0. The van der Waals surface area contributed by atoms with E-state index in [2.05, 4.69) is 21.7 Å². The maximum atomic E-state index is 12.0. The van der Waals surface area contributed by atoms with Crippen LogP contribution in [0.3, 0.4) is 0 Å². The van der Waals surface area contributed by atoms with Crippen molar-refractivity contribution in [1.29, 1.82) is 0 Å². The minimum Gasteiger partial charge on any atom is -0.351 e. The van der Waals surface area contributed by atoms with Crippen LogP contribution in [0.5, 0.6) is 0 Å². The first kappa shape index (κ1) is 18.3. The third-order valence-electron chi connectivity index (χ3n) is 4.76. The van der Waals surface area contributed by atoms with Gasteiger partial charge in [-0.2, -0.15) is 0 Å². The number of anilines is 1. The quantitative estimate of drug-likeness (QED) is 0.809. The molecule has 0 unspecified atom stereocenters. The fourth-order valence-corrected chi connectivity index (χ4v) is 3.72. The zero-order valence-corrected chi connectivity index (χ0v) is 16.0. The van der Waals surface area contributed by atoms with Crippen LogP contribution in [0, 0.1) is 0 Å². The highest BCUT2D eigenvalue weighted by atomic mass is 32.1. The number of pyridine rings is 1. The Kier molecular flexibility index (Phi) is 5.52. The molecule has 0 atom stereocenters. The lowest BCUT2D eigenvalue weighted by atomic mass is 9.93. The monoisotopic (exact) mass is 368 g/mol. The van der Waals surface area contributed by atoms with Crippen molar-refractivity contribution in [3.63, 3.8) is 0 Å². The SMILES string of the molecule is CN(C)C(=O)c1ccc(NC(=S)NC2(c3ccccn3)CCCC2)cc1. The van der Waals surface area contributed by atoms with Crippen molar-refractivity contribution >= 4 is 28.9 Å². The Morgan fingerprint density at radius 2 is 1.81 bits per heavy atom. The summed E-state index contributed by atoms with van der Waals surface area (Å²) in [7, 11) is 3.48. The molecule has 3 rings (SSSR count). The van der Waals surface area contributed by atoms with Crippen LogP contribution in [0.4, 0.5) is 5.69 Å². The molecule has 0 aliphatic heterocycles. The lowest BCUT2D eigenvalue weighted by Gasteiger charge is -2.31. The first-order chi connectivity index (χ1) is 12.5. The van der Waals surface area contributed by atoms with E-state index in [9.17, 15) is 4.79 Å². The third kappa shape index (κ3) is 4.02. The average molecular weight is 369 g/mol. The number of rotatable bonds is 4. The molecule has 1 fully saturated rings. The molecule has 0 bridgehead atoms. The van der Waals surface area contributed by atoms with Crippen molar-refractivity contribution in [3.8, 4) is 0 Å². The number of carbonyl (C=O) groups excluding carboxylic acids is 1. The van der Waals surface area contributed by atoms with Crippen LogP contribution in [0.1, 0.15) is 41.7 Å². The van der Waals surface area contributed by atoms with E-state index in [1.165, 1.54) is 0 Å². The van der Waals surface area contributed by atoms with Gasteiger partial charge < -0.3 is 15.5 Å². The van der Waals surface area contributed by atoms with Gasteiger partial charge in [-0.3, -0.25) is 9.78 Å². The molecule has 136 valence electrons. The number of amides is 1. The van der Waals surface area contributed by atoms with Gasteiger partial charge in [0.25, 0.3) is 5.91 Å². The fraction of sp³-hybridized carbons (Fsp3) is 0.350. The van der Waals surface area contributed by atoms with Gasteiger partial charge in [-0.05, 0) is 61.5 Å². The summed E-state index contributed by atoms with van der Waals surface area (Å²) < 4.78 is 0. The number of hydrogen-bond donors (Lipinski definition) is 2. The molecular weight excluding hydrogens is 344 g/mol. The first-order valence-corrected chi connectivity index (χ1v) is 9.23. The fourth-order valence-electron chi connectivity index (χ4n) is 3.40. The van der Waals surface area contributed by atoms with Crippen LogP contribution in [0.15, 0.2) is 48.7 Å². The maximum Gasteiger partial charge on any atom is 0.253 e. The predicted molar refractivity (Wildman–Crippen MR) is 108 cm³/mol.